The van der Waals surface area contributed by atoms with Crippen LogP contribution in [-0.2, 0) is 6.54 Å². The van der Waals surface area contributed by atoms with Gasteiger partial charge in [0.05, 0.1) is 6.10 Å². The zero-order chi connectivity index (χ0) is 15.8. The highest BCUT2D eigenvalue weighted by Crippen LogP contribution is 2.18. The molecule has 118 valence electrons. The zero-order valence-electron chi connectivity index (χ0n) is 12.5. The lowest BCUT2D eigenvalue weighted by Gasteiger charge is -2.27. The molecule has 0 aliphatic carbocycles. The van der Waals surface area contributed by atoms with Crippen LogP contribution in [0.1, 0.15) is 17.2 Å². The average molecular weight is 320 g/mol. The summed E-state index contributed by atoms with van der Waals surface area (Å²) in [5, 5.41) is 20.6. The van der Waals surface area contributed by atoms with Crippen molar-refractivity contribution in [1.82, 2.24) is 4.90 Å². The van der Waals surface area contributed by atoms with Gasteiger partial charge in [0.2, 0.25) is 0 Å². The second kappa shape index (κ2) is 8.91. The van der Waals surface area contributed by atoms with Gasteiger partial charge in [0.1, 0.15) is 6.10 Å². The maximum Gasteiger partial charge on any atom is 0.106 e. The third kappa shape index (κ3) is 5.11. The highest BCUT2D eigenvalue weighted by Gasteiger charge is 2.21. The second-order valence-electron chi connectivity index (χ2n) is 5.33. The van der Waals surface area contributed by atoms with E-state index in [1.807, 2.05) is 60.7 Å². The summed E-state index contributed by atoms with van der Waals surface area (Å²) in [6, 6.07) is 19.3. The first kappa shape index (κ1) is 17.0. The van der Waals surface area contributed by atoms with E-state index >= 15 is 0 Å². The van der Waals surface area contributed by atoms with Crippen molar-refractivity contribution in [2.45, 2.75) is 18.8 Å². The van der Waals surface area contributed by atoms with E-state index in [1.54, 1.807) is 0 Å². The van der Waals surface area contributed by atoms with Crippen LogP contribution in [0.2, 0.25) is 0 Å². The summed E-state index contributed by atoms with van der Waals surface area (Å²) in [5.74, 6) is 0.487. The van der Waals surface area contributed by atoms with E-state index in [4.69, 9.17) is 11.6 Å². The summed E-state index contributed by atoms with van der Waals surface area (Å²) < 4.78 is 0. The Hall–Kier alpha value is -1.39. The van der Waals surface area contributed by atoms with Gasteiger partial charge in [-0.1, -0.05) is 60.7 Å². The predicted molar refractivity (Wildman–Crippen MR) is 89.8 cm³/mol. The topological polar surface area (TPSA) is 43.7 Å². The van der Waals surface area contributed by atoms with Gasteiger partial charge in [-0.15, -0.1) is 11.6 Å². The van der Waals surface area contributed by atoms with E-state index < -0.39 is 12.2 Å². The first-order valence-electron chi connectivity index (χ1n) is 7.44. The SMILES string of the molecule is O[C@@H](CN(CCCl)Cc1ccccc1)[C@@H](O)c1ccccc1. The minimum atomic E-state index is -0.894. The molecule has 0 aromatic heterocycles. The Morgan fingerprint density at radius 2 is 1.50 bits per heavy atom. The molecule has 0 spiro atoms. The van der Waals surface area contributed by atoms with Crippen molar-refractivity contribution in [1.29, 1.82) is 0 Å². The van der Waals surface area contributed by atoms with Gasteiger partial charge < -0.3 is 10.2 Å². The average Bonchev–Trinajstić information content (AvgIpc) is 2.56. The molecule has 2 aromatic carbocycles. The minimum absolute atomic E-state index is 0.373. The molecule has 0 aliphatic rings. The third-order valence-electron chi connectivity index (χ3n) is 3.60. The summed E-state index contributed by atoms with van der Waals surface area (Å²) in [7, 11) is 0. The number of aliphatic hydroxyl groups is 2. The van der Waals surface area contributed by atoms with Gasteiger partial charge in [-0.05, 0) is 11.1 Å². The molecule has 3 nitrogen and oxygen atoms in total. The molecule has 0 saturated heterocycles. The number of rotatable bonds is 8. The fourth-order valence-corrected chi connectivity index (χ4v) is 2.67. The molecule has 4 heteroatoms. The molecule has 0 bridgehead atoms. The van der Waals surface area contributed by atoms with Crippen molar-refractivity contribution in [3.8, 4) is 0 Å². The lowest BCUT2D eigenvalue weighted by molar-refractivity contribution is -0.00411. The number of aliphatic hydroxyl groups excluding tert-OH is 2. The van der Waals surface area contributed by atoms with E-state index in [1.165, 1.54) is 0 Å². The monoisotopic (exact) mass is 319 g/mol. The van der Waals surface area contributed by atoms with Crippen LogP contribution in [0, 0.1) is 0 Å². The highest BCUT2D eigenvalue weighted by molar-refractivity contribution is 6.18. The minimum Gasteiger partial charge on any atom is -0.389 e. The molecular weight excluding hydrogens is 298 g/mol. The van der Waals surface area contributed by atoms with E-state index in [0.717, 1.165) is 11.1 Å². The van der Waals surface area contributed by atoms with Crippen LogP contribution in [0.3, 0.4) is 0 Å². The molecule has 22 heavy (non-hydrogen) atoms. The molecule has 2 N–H and O–H groups in total. The maximum absolute atomic E-state index is 10.3. The number of benzene rings is 2. The zero-order valence-corrected chi connectivity index (χ0v) is 13.2. The quantitative estimate of drug-likeness (QED) is 0.735. The van der Waals surface area contributed by atoms with Gasteiger partial charge in [-0.3, -0.25) is 4.90 Å². The molecular formula is C18H22ClNO2. The molecule has 2 aromatic rings. The second-order valence-corrected chi connectivity index (χ2v) is 5.71. The largest absolute Gasteiger partial charge is 0.389 e. The summed E-state index contributed by atoms with van der Waals surface area (Å²) in [6.07, 6.45) is -1.75. The Bertz CT molecular complexity index is 535. The smallest absolute Gasteiger partial charge is 0.106 e. The Kier molecular flexibility index (Phi) is 6.87. The number of alkyl halides is 1. The number of hydrogen-bond acceptors (Lipinski definition) is 3. The van der Waals surface area contributed by atoms with Crippen LogP contribution >= 0.6 is 11.6 Å². The molecule has 0 heterocycles. The van der Waals surface area contributed by atoms with Gasteiger partial charge in [-0.2, -0.15) is 0 Å². The summed E-state index contributed by atoms with van der Waals surface area (Å²) in [6.45, 7) is 1.73. The standard InChI is InChI=1S/C18H22ClNO2/c19-11-12-20(13-15-7-3-1-4-8-15)14-17(21)18(22)16-9-5-2-6-10-16/h1-10,17-18,21-22H,11-14H2/t17-,18-/m0/s1. The van der Waals surface area contributed by atoms with Crippen molar-refractivity contribution in [2.24, 2.45) is 0 Å². The first-order valence-corrected chi connectivity index (χ1v) is 7.97. The molecule has 2 rings (SSSR count). The fourth-order valence-electron chi connectivity index (χ4n) is 2.43. The summed E-state index contributed by atoms with van der Waals surface area (Å²) in [5.41, 5.74) is 1.88. The molecule has 0 unspecified atom stereocenters. The lowest BCUT2D eigenvalue weighted by Crippen LogP contribution is -2.36. The summed E-state index contributed by atoms with van der Waals surface area (Å²) in [4.78, 5) is 2.05. The van der Waals surface area contributed by atoms with Crippen LogP contribution in [0.25, 0.3) is 0 Å². The Balaban J connectivity index is 1.97. The van der Waals surface area contributed by atoms with Crippen molar-refractivity contribution in [3.63, 3.8) is 0 Å². The number of hydrogen-bond donors (Lipinski definition) is 2. The lowest BCUT2D eigenvalue weighted by atomic mass is 10.0. The first-order chi connectivity index (χ1) is 10.7. The predicted octanol–water partition coefficient (Wildman–Crippen LogP) is 2.82. The van der Waals surface area contributed by atoms with E-state index in [0.29, 0.717) is 25.5 Å². The Labute approximate surface area is 136 Å². The van der Waals surface area contributed by atoms with Crippen molar-refractivity contribution in [3.05, 3.63) is 71.8 Å². The summed E-state index contributed by atoms with van der Waals surface area (Å²) >= 11 is 5.86. The van der Waals surface area contributed by atoms with Crippen LogP contribution in [0.4, 0.5) is 0 Å². The molecule has 0 aliphatic heterocycles. The van der Waals surface area contributed by atoms with Gasteiger partial charge in [0.15, 0.2) is 0 Å². The maximum atomic E-state index is 10.3. The highest BCUT2D eigenvalue weighted by atomic mass is 35.5. The number of halogens is 1. The molecule has 0 amide bonds. The van der Waals surface area contributed by atoms with Crippen LogP contribution in [0.15, 0.2) is 60.7 Å². The Morgan fingerprint density at radius 3 is 2.09 bits per heavy atom. The third-order valence-corrected chi connectivity index (χ3v) is 3.77. The van der Waals surface area contributed by atoms with Gasteiger partial charge >= 0.3 is 0 Å². The van der Waals surface area contributed by atoms with Gasteiger partial charge in [-0.25, -0.2) is 0 Å². The van der Waals surface area contributed by atoms with Crippen LogP contribution in [-0.4, -0.2) is 40.2 Å². The van der Waals surface area contributed by atoms with E-state index in [-0.39, 0.29) is 0 Å². The fraction of sp³-hybridized carbons (Fsp3) is 0.333. The molecule has 0 saturated carbocycles. The number of nitrogens with zero attached hydrogens (tertiary/aromatic N) is 1. The van der Waals surface area contributed by atoms with E-state index in [9.17, 15) is 10.2 Å². The molecule has 0 fully saturated rings. The van der Waals surface area contributed by atoms with Crippen molar-refractivity contribution < 1.29 is 10.2 Å². The molecule has 0 radical (unpaired) electrons. The van der Waals surface area contributed by atoms with Crippen LogP contribution in [0.5, 0.6) is 0 Å². The van der Waals surface area contributed by atoms with Crippen LogP contribution < -0.4 is 0 Å². The Morgan fingerprint density at radius 1 is 0.909 bits per heavy atom. The van der Waals surface area contributed by atoms with Crippen molar-refractivity contribution in [2.75, 3.05) is 19.0 Å². The molecule has 2 atom stereocenters. The van der Waals surface area contributed by atoms with E-state index in [2.05, 4.69) is 4.90 Å². The van der Waals surface area contributed by atoms with Gasteiger partial charge in [0, 0.05) is 25.5 Å². The van der Waals surface area contributed by atoms with Gasteiger partial charge in [0.25, 0.3) is 0 Å². The van der Waals surface area contributed by atoms with Crippen molar-refractivity contribution >= 4 is 11.6 Å². The normalized spacial score (nSPS) is 14.0.